The highest BCUT2D eigenvalue weighted by Gasteiger charge is 2.31. The van der Waals surface area contributed by atoms with Crippen molar-refractivity contribution < 1.29 is 23.5 Å². The lowest BCUT2D eigenvalue weighted by molar-refractivity contribution is -0.886. The molecule has 0 aliphatic rings. The lowest BCUT2D eigenvalue weighted by atomic mass is 10.0. The normalized spacial score (nSPS) is 11.6. The molecule has 0 fully saturated rings. The van der Waals surface area contributed by atoms with Crippen LogP contribution in [0.3, 0.4) is 0 Å². The van der Waals surface area contributed by atoms with Crippen molar-refractivity contribution in [2.24, 2.45) is 0 Å². The molecule has 0 bridgehead atoms. The Hall–Kier alpha value is -2.77. The van der Waals surface area contributed by atoms with E-state index in [4.69, 9.17) is 44.3 Å². The fourth-order valence-corrected chi connectivity index (χ4v) is 5.16. The third-order valence-electron chi connectivity index (χ3n) is 6.90. The summed E-state index contributed by atoms with van der Waals surface area (Å²) in [4.78, 5) is 25.4. The van der Waals surface area contributed by atoms with Gasteiger partial charge in [0.15, 0.2) is 6.04 Å². The summed E-state index contributed by atoms with van der Waals surface area (Å²) in [6, 6.07) is 19.8. The monoisotopic (exact) mass is 663 g/mol. The minimum Gasteiger partial charge on any atom is -0.494 e. The van der Waals surface area contributed by atoms with Crippen LogP contribution in [0.2, 0.25) is 15.1 Å². The van der Waals surface area contributed by atoms with Crippen molar-refractivity contribution >= 4 is 46.7 Å². The molecule has 44 heavy (non-hydrogen) atoms. The maximum Gasteiger partial charge on any atom is 0.345 e. The summed E-state index contributed by atoms with van der Waals surface area (Å²) in [6.45, 7) is 5.32. The minimum absolute atomic E-state index is 0.0981. The number of benzene rings is 3. The van der Waals surface area contributed by atoms with Crippen molar-refractivity contribution in [2.45, 2.75) is 64.8 Å². The standard InChI is InChI=1S/C33H39Cl3N2O4.C2H6/c1-38(2,3)30(21-24-13-9-8-10-14-24)32(39)37-19-11-6-4-5-7-12-20-41-26-15-17-27(18-16-26)42-33(40)28-22-25(34)23-29(35)31(28)36;1-2/h8-10,13-18,22-23,30H,4-7,11-12,19-21H2,1-3H3;1-2H3/p+1. The predicted octanol–water partition coefficient (Wildman–Crippen LogP) is 9.05. The van der Waals surface area contributed by atoms with E-state index in [0.29, 0.717) is 34.2 Å². The van der Waals surface area contributed by atoms with Gasteiger partial charge in [-0.1, -0.05) is 105 Å². The number of hydrogen-bond donors (Lipinski definition) is 1. The van der Waals surface area contributed by atoms with Gasteiger partial charge in [-0.2, -0.15) is 0 Å². The third kappa shape index (κ3) is 13.1. The molecule has 3 aromatic carbocycles. The Morgan fingerprint density at radius 1 is 0.795 bits per heavy atom. The minimum atomic E-state index is -0.642. The molecule has 1 atom stereocenters. The third-order valence-corrected chi connectivity index (χ3v) is 7.92. The molecule has 240 valence electrons. The average molecular weight is 665 g/mol. The Labute approximate surface area is 278 Å². The second-order valence-electron chi connectivity index (χ2n) is 11.2. The van der Waals surface area contributed by atoms with E-state index in [2.05, 4.69) is 38.6 Å². The Morgan fingerprint density at radius 3 is 2.02 bits per heavy atom. The van der Waals surface area contributed by atoms with E-state index in [1.807, 2.05) is 32.0 Å². The van der Waals surface area contributed by atoms with Crippen LogP contribution in [0.5, 0.6) is 11.5 Å². The van der Waals surface area contributed by atoms with Gasteiger partial charge in [-0.3, -0.25) is 4.79 Å². The van der Waals surface area contributed by atoms with Gasteiger partial charge in [0.2, 0.25) is 0 Å². The first-order chi connectivity index (χ1) is 21.0. The number of carbonyl (C=O) groups is 2. The number of quaternary nitrogens is 1. The number of rotatable bonds is 16. The molecule has 0 saturated heterocycles. The summed E-state index contributed by atoms with van der Waals surface area (Å²) in [7, 11) is 6.21. The van der Waals surface area contributed by atoms with Gasteiger partial charge in [0.25, 0.3) is 5.91 Å². The van der Waals surface area contributed by atoms with E-state index in [0.717, 1.165) is 44.9 Å². The molecule has 0 heterocycles. The van der Waals surface area contributed by atoms with Crippen LogP contribution in [-0.4, -0.2) is 56.7 Å². The van der Waals surface area contributed by atoms with Gasteiger partial charge >= 0.3 is 5.97 Å². The van der Waals surface area contributed by atoms with E-state index < -0.39 is 5.97 Å². The van der Waals surface area contributed by atoms with Gasteiger partial charge in [0, 0.05) is 18.0 Å². The molecule has 0 aromatic heterocycles. The highest BCUT2D eigenvalue weighted by molar-refractivity contribution is 6.45. The van der Waals surface area contributed by atoms with Crippen molar-refractivity contribution in [1.29, 1.82) is 0 Å². The van der Waals surface area contributed by atoms with Gasteiger partial charge in [-0.15, -0.1) is 0 Å². The van der Waals surface area contributed by atoms with E-state index in [1.54, 1.807) is 24.3 Å². The molecule has 1 amide bonds. The summed E-state index contributed by atoms with van der Waals surface area (Å²) in [6.07, 6.45) is 7.06. The van der Waals surface area contributed by atoms with Crippen molar-refractivity contribution in [1.82, 2.24) is 5.32 Å². The number of amides is 1. The van der Waals surface area contributed by atoms with Crippen LogP contribution in [-0.2, 0) is 11.2 Å². The average Bonchev–Trinajstić information content (AvgIpc) is 3.00. The number of nitrogens with one attached hydrogen (secondary N) is 1. The number of halogens is 3. The highest BCUT2D eigenvalue weighted by Crippen LogP contribution is 2.31. The van der Waals surface area contributed by atoms with Crippen LogP contribution >= 0.6 is 34.8 Å². The molecule has 6 nitrogen and oxygen atoms in total. The summed E-state index contributed by atoms with van der Waals surface area (Å²) < 4.78 is 11.8. The zero-order chi connectivity index (χ0) is 32.5. The van der Waals surface area contributed by atoms with Crippen LogP contribution in [0.25, 0.3) is 0 Å². The van der Waals surface area contributed by atoms with E-state index in [1.165, 1.54) is 17.7 Å². The molecule has 3 aromatic rings. The van der Waals surface area contributed by atoms with E-state index >= 15 is 0 Å². The second kappa shape index (κ2) is 19.6. The fraction of sp³-hybridized carbons (Fsp3) is 0.429. The summed E-state index contributed by atoms with van der Waals surface area (Å²) in [5, 5.41) is 3.73. The SMILES string of the molecule is CC.C[N+](C)(C)C(Cc1ccccc1)C(=O)NCCCCCCCCOc1ccc(OC(=O)c2cc(Cl)cc(Cl)c2Cl)cc1. The van der Waals surface area contributed by atoms with Crippen LogP contribution in [0.15, 0.2) is 66.7 Å². The first-order valence-corrected chi connectivity index (χ1v) is 16.4. The molecule has 0 radical (unpaired) electrons. The second-order valence-corrected chi connectivity index (χ2v) is 12.4. The van der Waals surface area contributed by atoms with Crippen molar-refractivity contribution in [3.05, 3.63) is 92.9 Å². The van der Waals surface area contributed by atoms with Gasteiger partial charge in [-0.05, 0) is 54.8 Å². The van der Waals surface area contributed by atoms with Crippen molar-refractivity contribution in [3.63, 3.8) is 0 Å². The van der Waals surface area contributed by atoms with E-state index in [9.17, 15) is 9.59 Å². The molecule has 0 aliphatic carbocycles. The van der Waals surface area contributed by atoms with Crippen LogP contribution < -0.4 is 14.8 Å². The topological polar surface area (TPSA) is 64.6 Å². The molecule has 0 saturated carbocycles. The Balaban J connectivity index is 0.00000330. The zero-order valence-corrected chi connectivity index (χ0v) is 28.8. The number of nitrogens with zero attached hydrogens (tertiary/aromatic N) is 1. The van der Waals surface area contributed by atoms with Crippen molar-refractivity contribution in [3.8, 4) is 11.5 Å². The van der Waals surface area contributed by atoms with Crippen LogP contribution in [0, 0.1) is 0 Å². The van der Waals surface area contributed by atoms with Gasteiger partial charge in [0.1, 0.15) is 11.5 Å². The number of carbonyl (C=O) groups excluding carboxylic acids is 2. The first kappa shape index (κ1) is 37.4. The Morgan fingerprint density at radius 2 is 1.39 bits per heavy atom. The largest absolute Gasteiger partial charge is 0.494 e. The number of likely N-dealkylation sites (N-methyl/N-ethyl adjacent to an activating group) is 1. The number of unbranched alkanes of at least 4 members (excludes halogenated alkanes) is 5. The Kier molecular flexibility index (Phi) is 16.7. The molecule has 3 rings (SSSR count). The molecule has 0 spiro atoms. The molecule has 0 aliphatic heterocycles. The molecule has 9 heteroatoms. The smallest absolute Gasteiger partial charge is 0.345 e. The quantitative estimate of drug-likeness (QED) is 0.0546. The Bertz CT molecular complexity index is 1300. The molecular weight excluding hydrogens is 619 g/mol. The maximum absolute atomic E-state index is 12.9. The zero-order valence-electron chi connectivity index (χ0n) is 26.5. The maximum atomic E-state index is 12.9. The van der Waals surface area contributed by atoms with Gasteiger partial charge in [-0.25, -0.2) is 4.79 Å². The highest BCUT2D eigenvalue weighted by atomic mass is 35.5. The van der Waals surface area contributed by atoms with E-state index in [-0.39, 0.29) is 27.6 Å². The summed E-state index contributed by atoms with van der Waals surface area (Å²) >= 11 is 18.1. The summed E-state index contributed by atoms with van der Waals surface area (Å²) in [5.41, 5.74) is 1.28. The number of hydrogen-bond acceptors (Lipinski definition) is 4. The molecular formula is C35H46Cl3N2O4+. The number of ether oxygens (including phenoxy) is 2. The molecule has 1 unspecified atom stereocenters. The predicted molar refractivity (Wildman–Crippen MR) is 182 cm³/mol. The van der Waals surface area contributed by atoms with Crippen LogP contribution in [0.1, 0.15) is 68.3 Å². The lowest BCUT2D eigenvalue weighted by Gasteiger charge is -2.33. The summed E-state index contributed by atoms with van der Waals surface area (Å²) in [5.74, 6) is 0.538. The van der Waals surface area contributed by atoms with Gasteiger partial charge in [0.05, 0.1) is 43.4 Å². The van der Waals surface area contributed by atoms with Crippen molar-refractivity contribution in [2.75, 3.05) is 34.3 Å². The fourth-order valence-electron chi connectivity index (χ4n) is 4.48. The first-order valence-electron chi connectivity index (χ1n) is 15.3. The lowest BCUT2D eigenvalue weighted by Crippen LogP contribution is -2.55. The number of esters is 1. The molecule has 1 N–H and O–H groups in total. The van der Waals surface area contributed by atoms with Gasteiger partial charge < -0.3 is 19.3 Å². The van der Waals surface area contributed by atoms with Crippen LogP contribution in [0.4, 0.5) is 0 Å².